The summed E-state index contributed by atoms with van der Waals surface area (Å²) in [5.41, 5.74) is 9.58. The summed E-state index contributed by atoms with van der Waals surface area (Å²) in [4.78, 5) is 14.6. The number of nitrogens with zero attached hydrogens (tertiary/aromatic N) is 3. The normalized spacial score (nSPS) is 22.4. The van der Waals surface area contributed by atoms with Crippen molar-refractivity contribution in [2.24, 2.45) is 11.7 Å². The first-order valence-corrected chi connectivity index (χ1v) is 8.87. The summed E-state index contributed by atoms with van der Waals surface area (Å²) in [6.07, 6.45) is 6.68. The van der Waals surface area contributed by atoms with Gasteiger partial charge in [0, 0.05) is 37.5 Å². The highest BCUT2D eigenvalue weighted by atomic mass is 35.5. The number of carbonyl (C=O) groups excluding carboxylic acids is 1. The molecule has 1 amide bonds. The molecule has 2 aliphatic rings. The fourth-order valence-electron chi connectivity index (χ4n) is 4.01. The first-order chi connectivity index (χ1) is 11.7. The Morgan fingerprint density at radius 1 is 1.24 bits per heavy atom. The highest BCUT2D eigenvalue weighted by Gasteiger charge is 2.30. The van der Waals surface area contributed by atoms with E-state index in [4.69, 9.17) is 5.73 Å². The molecule has 4 rings (SSSR count). The number of halogens is 1. The molecule has 0 unspecified atom stereocenters. The molecule has 2 heterocycles. The van der Waals surface area contributed by atoms with Gasteiger partial charge in [-0.15, -0.1) is 12.4 Å². The molecule has 2 N–H and O–H groups in total. The van der Waals surface area contributed by atoms with Gasteiger partial charge in [-0.3, -0.25) is 4.79 Å². The largest absolute Gasteiger partial charge is 0.338 e. The average Bonchev–Trinajstić information content (AvgIpc) is 3.21. The third-order valence-corrected chi connectivity index (χ3v) is 5.44. The molecule has 0 radical (unpaired) electrons. The van der Waals surface area contributed by atoms with Crippen LogP contribution < -0.4 is 5.73 Å². The van der Waals surface area contributed by atoms with Crippen molar-refractivity contribution in [3.63, 3.8) is 0 Å². The Bertz CT molecular complexity index is 730. The number of hydrogen-bond acceptors (Lipinski definition) is 3. The maximum Gasteiger partial charge on any atom is 0.223 e. The van der Waals surface area contributed by atoms with Crippen LogP contribution in [0.3, 0.4) is 0 Å². The van der Waals surface area contributed by atoms with Crippen molar-refractivity contribution in [1.82, 2.24) is 14.7 Å². The molecule has 134 valence electrons. The number of benzene rings is 1. The Morgan fingerprint density at radius 3 is 2.76 bits per heavy atom. The lowest BCUT2D eigenvalue weighted by atomic mass is 9.98. The van der Waals surface area contributed by atoms with Crippen molar-refractivity contribution < 1.29 is 4.79 Å². The summed E-state index contributed by atoms with van der Waals surface area (Å²) in [6, 6.07) is 10.4. The van der Waals surface area contributed by atoms with E-state index in [-0.39, 0.29) is 24.4 Å². The number of aromatic nitrogens is 2. The number of carbonyl (C=O) groups is 1. The second kappa shape index (κ2) is 7.58. The molecule has 5 nitrogen and oxygen atoms in total. The van der Waals surface area contributed by atoms with Crippen molar-refractivity contribution in [3.8, 4) is 5.69 Å². The molecule has 6 heteroatoms. The summed E-state index contributed by atoms with van der Waals surface area (Å²) in [5.74, 6) is 0.612. The monoisotopic (exact) mass is 360 g/mol. The minimum Gasteiger partial charge on any atom is -0.338 e. The van der Waals surface area contributed by atoms with Gasteiger partial charge < -0.3 is 10.6 Å². The van der Waals surface area contributed by atoms with Crippen molar-refractivity contribution >= 4 is 18.3 Å². The van der Waals surface area contributed by atoms with Gasteiger partial charge in [-0.2, -0.15) is 5.10 Å². The van der Waals surface area contributed by atoms with Gasteiger partial charge >= 0.3 is 0 Å². The van der Waals surface area contributed by atoms with Gasteiger partial charge in [-0.05, 0) is 30.9 Å². The van der Waals surface area contributed by atoms with Crippen LogP contribution in [0.1, 0.15) is 36.9 Å². The van der Waals surface area contributed by atoms with Gasteiger partial charge in [-0.1, -0.05) is 24.6 Å². The van der Waals surface area contributed by atoms with Gasteiger partial charge in [0.2, 0.25) is 5.91 Å². The molecule has 1 saturated carbocycles. The zero-order chi connectivity index (χ0) is 16.5. The fourth-order valence-corrected chi connectivity index (χ4v) is 4.01. The average molecular weight is 361 g/mol. The lowest BCUT2D eigenvalue weighted by Crippen LogP contribution is -2.38. The van der Waals surface area contributed by atoms with E-state index in [1.54, 1.807) is 0 Å². The second-order valence-corrected chi connectivity index (χ2v) is 6.99. The number of nitrogens with two attached hydrogens (primary N) is 1. The molecule has 2 atom stereocenters. The quantitative estimate of drug-likeness (QED) is 0.915. The van der Waals surface area contributed by atoms with E-state index in [1.165, 1.54) is 5.69 Å². The molecular weight excluding hydrogens is 336 g/mol. The second-order valence-electron chi connectivity index (χ2n) is 6.99. The van der Waals surface area contributed by atoms with Crippen LogP contribution in [0.4, 0.5) is 0 Å². The zero-order valence-corrected chi connectivity index (χ0v) is 15.1. The molecular formula is C19H25ClN4O. The van der Waals surface area contributed by atoms with E-state index >= 15 is 0 Å². The Balaban J connectivity index is 0.00000182. The molecule has 0 bridgehead atoms. The van der Waals surface area contributed by atoms with Gasteiger partial charge in [0.1, 0.15) is 0 Å². The standard InChI is InChI=1S/C19H24N4O.ClH/c20-17-8-4-5-14(17)11-19(24)22-10-9-18-15(13-22)12-21-23(18)16-6-2-1-3-7-16;/h1-3,6-7,12,14,17H,4-5,8-11,13,20H2;1H/t14-,17+;/m0./s1. The molecule has 1 aliphatic heterocycles. The van der Waals surface area contributed by atoms with Crippen molar-refractivity contribution in [1.29, 1.82) is 0 Å². The highest BCUT2D eigenvalue weighted by Crippen LogP contribution is 2.29. The van der Waals surface area contributed by atoms with Gasteiger partial charge in [0.05, 0.1) is 17.6 Å². The summed E-state index contributed by atoms with van der Waals surface area (Å²) in [6.45, 7) is 1.44. The molecule has 0 spiro atoms. The predicted octanol–water partition coefficient (Wildman–Crippen LogP) is 2.70. The van der Waals surface area contributed by atoms with Crippen LogP contribution in [0.15, 0.2) is 36.5 Å². The Morgan fingerprint density at radius 2 is 2.04 bits per heavy atom. The van der Waals surface area contributed by atoms with Crippen LogP contribution in [-0.2, 0) is 17.8 Å². The SMILES string of the molecule is Cl.N[C@@H]1CCC[C@H]1CC(=O)N1CCc2c(cnn2-c2ccccc2)C1. The number of para-hydroxylation sites is 1. The van der Waals surface area contributed by atoms with Crippen LogP contribution in [0.2, 0.25) is 0 Å². The van der Waals surface area contributed by atoms with Crippen molar-refractivity contribution in [3.05, 3.63) is 47.8 Å². The summed E-state index contributed by atoms with van der Waals surface area (Å²) in [5, 5.41) is 4.54. The number of hydrogen-bond donors (Lipinski definition) is 1. The van der Waals surface area contributed by atoms with Crippen molar-refractivity contribution in [2.45, 2.75) is 44.7 Å². The number of rotatable bonds is 3. The first kappa shape index (κ1) is 18.0. The van der Waals surface area contributed by atoms with E-state index in [1.807, 2.05) is 34.0 Å². The van der Waals surface area contributed by atoms with E-state index in [0.717, 1.165) is 43.5 Å². The topological polar surface area (TPSA) is 64.2 Å². The lowest BCUT2D eigenvalue weighted by Gasteiger charge is -2.29. The summed E-state index contributed by atoms with van der Waals surface area (Å²) < 4.78 is 2.00. The maximum absolute atomic E-state index is 12.6. The van der Waals surface area contributed by atoms with Crippen LogP contribution in [0, 0.1) is 5.92 Å². The first-order valence-electron chi connectivity index (χ1n) is 8.87. The molecule has 2 aromatic rings. The van der Waals surface area contributed by atoms with E-state index < -0.39 is 0 Å². The minimum absolute atomic E-state index is 0. The fraction of sp³-hybridized carbons (Fsp3) is 0.474. The minimum atomic E-state index is 0. The lowest BCUT2D eigenvalue weighted by molar-refractivity contribution is -0.133. The summed E-state index contributed by atoms with van der Waals surface area (Å²) in [7, 11) is 0. The Kier molecular flexibility index (Phi) is 5.45. The van der Waals surface area contributed by atoms with E-state index in [0.29, 0.717) is 18.9 Å². The molecule has 1 aliphatic carbocycles. The van der Waals surface area contributed by atoms with Crippen molar-refractivity contribution in [2.75, 3.05) is 6.54 Å². The van der Waals surface area contributed by atoms with Gasteiger partial charge in [0.15, 0.2) is 0 Å². The smallest absolute Gasteiger partial charge is 0.223 e. The van der Waals surface area contributed by atoms with Gasteiger partial charge in [0.25, 0.3) is 0 Å². The summed E-state index contributed by atoms with van der Waals surface area (Å²) >= 11 is 0. The third-order valence-electron chi connectivity index (χ3n) is 5.44. The molecule has 1 aromatic carbocycles. The van der Waals surface area contributed by atoms with Crippen LogP contribution >= 0.6 is 12.4 Å². The highest BCUT2D eigenvalue weighted by molar-refractivity contribution is 5.85. The zero-order valence-electron chi connectivity index (χ0n) is 14.3. The molecule has 1 aromatic heterocycles. The van der Waals surface area contributed by atoms with Crippen LogP contribution in [-0.4, -0.2) is 33.2 Å². The molecule has 1 fully saturated rings. The number of fused-ring (bicyclic) bond motifs is 1. The number of amides is 1. The van der Waals surface area contributed by atoms with Crippen LogP contribution in [0.5, 0.6) is 0 Å². The third kappa shape index (κ3) is 3.58. The van der Waals surface area contributed by atoms with E-state index in [2.05, 4.69) is 17.2 Å². The van der Waals surface area contributed by atoms with Gasteiger partial charge in [-0.25, -0.2) is 4.68 Å². The van der Waals surface area contributed by atoms with Crippen LogP contribution in [0.25, 0.3) is 5.69 Å². The Hall–Kier alpha value is -1.85. The Labute approximate surface area is 154 Å². The molecule has 25 heavy (non-hydrogen) atoms. The maximum atomic E-state index is 12.6. The molecule has 0 saturated heterocycles. The predicted molar refractivity (Wildman–Crippen MR) is 99.9 cm³/mol. The van der Waals surface area contributed by atoms with E-state index in [9.17, 15) is 4.79 Å².